The minimum Gasteiger partial charge on any atom is -0.489 e. The number of carbonyl (C=O) groups excluding carboxylic acids is 1. The molecule has 0 spiro atoms. The number of pyridine rings is 1. The highest BCUT2D eigenvalue weighted by Gasteiger charge is 2.19. The number of aromatic nitrogens is 2. The van der Waals surface area contributed by atoms with Crippen LogP contribution in [0.1, 0.15) is 62.9 Å². The molecule has 1 aliphatic rings. The van der Waals surface area contributed by atoms with E-state index >= 15 is 0 Å². The van der Waals surface area contributed by atoms with Crippen LogP contribution >= 0.6 is 0 Å². The monoisotopic (exact) mass is 390 g/mol. The molecular weight excluding hydrogens is 360 g/mol. The van der Waals surface area contributed by atoms with E-state index in [1.807, 2.05) is 26.0 Å². The number of hydrogen-bond acceptors (Lipinski definition) is 7. The zero-order valence-corrected chi connectivity index (χ0v) is 17.1. The minimum absolute atomic E-state index is 0.0301. The highest BCUT2D eigenvalue weighted by atomic mass is 16.5. The van der Waals surface area contributed by atoms with Gasteiger partial charge in [0.2, 0.25) is 0 Å². The summed E-state index contributed by atoms with van der Waals surface area (Å²) >= 11 is 0. The molecule has 1 fully saturated rings. The number of nitrogens with zero attached hydrogens (tertiary/aromatic N) is 2. The van der Waals surface area contributed by atoms with Crippen LogP contribution < -0.4 is 4.74 Å². The molecule has 2 heterocycles. The highest BCUT2D eigenvalue weighted by molar-refractivity contribution is 5.58. The van der Waals surface area contributed by atoms with Crippen molar-refractivity contribution >= 4 is 6.47 Å². The van der Waals surface area contributed by atoms with Gasteiger partial charge in [-0.05, 0) is 65.5 Å². The summed E-state index contributed by atoms with van der Waals surface area (Å²) in [5.41, 5.74) is 2.89. The van der Waals surface area contributed by atoms with Crippen LogP contribution in [0.15, 0.2) is 16.7 Å². The molecule has 2 aromatic rings. The lowest BCUT2D eigenvalue weighted by atomic mass is 9.98. The number of carbonyl (C=O) groups is 1. The van der Waals surface area contributed by atoms with Gasteiger partial charge in [0, 0.05) is 5.56 Å². The molecule has 0 atom stereocenters. The fourth-order valence-electron chi connectivity index (χ4n) is 3.05. The Hall–Kier alpha value is -2.41. The first-order valence-electron chi connectivity index (χ1n) is 9.76. The molecule has 2 aromatic heterocycles. The first kappa shape index (κ1) is 21.9. The first-order valence-corrected chi connectivity index (χ1v) is 9.76. The van der Waals surface area contributed by atoms with Crippen LogP contribution in [0, 0.1) is 13.8 Å². The molecule has 0 radical (unpaired) electrons. The first-order chi connectivity index (χ1) is 13.5. The third-order valence-electron chi connectivity index (χ3n) is 4.59. The summed E-state index contributed by atoms with van der Waals surface area (Å²) in [5.74, 6) is 1.37. The van der Waals surface area contributed by atoms with Crippen molar-refractivity contribution in [2.45, 2.75) is 78.6 Å². The summed E-state index contributed by atoms with van der Waals surface area (Å²) in [6, 6.07) is 3.80. The van der Waals surface area contributed by atoms with Crippen molar-refractivity contribution < 1.29 is 23.9 Å². The quantitative estimate of drug-likeness (QED) is 0.741. The van der Waals surface area contributed by atoms with Gasteiger partial charge in [-0.15, -0.1) is 0 Å². The van der Waals surface area contributed by atoms with Crippen molar-refractivity contribution in [2.75, 3.05) is 0 Å². The fraction of sp³-hybridized carbons (Fsp3) is 0.571. The molecule has 7 heteroatoms. The van der Waals surface area contributed by atoms with Crippen molar-refractivity contribution in [2.24, 2.45) is 0 Å². The van der Waals surface area contributed by atoms with Gasteiger partial charge in [0.1, 0.15) is 11.4 Å². The van der Waals surface area contributed by atoms with Crippen LogP contribution in [0.25, 0.3) is 11.5 Å². The van der Waals surface area contributed by atoms with Crippen LogP contribution in [0.5, 0.6) is 5.75 Å². The van der Waals surface area contributed by atoms with Gasteiger partial charge in [0.15, 0.2) is 5.76 Å². The van der Waals surface area contributed by atoms with E-state index in [2.05, 4.69) is 14.9 Å². The van der Waals surface area contributed by atoms with Crippen LogP contribution in [-0.4, -0.2) is 33.9 Å². The normalized spacial score (nSPS) is 14.4. The van der Waals surface area contributed by atoms with E-state index in [0.29, 0.717) is 35.3 Å². The van der Waals surface area contributed by atoms with Gasteiger partial charge >= 0.3 is 0 Å². The molecule has 154 valence electrons. The summed E-state index contributed by atoms with van der Waals surface area (Å²) in [4.78, 5) is 14.0. The molecule has 28 heavy (non-hydrogen) atoms. The van der Waals surface area contributed by atoms with Gasteiger partial charge in [0.05, 0.1) is 30.2 Å². The minimum atomic E-state index is -0.105. The van der Waals surface area contributed by atoms with Crippen molar-refractivity contribution in [3.63, 3.8) is 0 Å². The largest absolute Gasteiger partial charge is 0.489 e. The van der Waals surface area contributed by atoms with Crippen LogP contribution in [0.4, 0.5) is 0 Å². The molecule has 1 saturated carbocycles. The molecule has 0 saturated heterocycles. The van der Waals surface area contributed by atoms with Crippen molar-refractivity contribution in [3.8, 4) is 17.2 Å². The van der Waals surface area contributed by atoms with E-state index < -0.39 is 0 Å². The zero-order valence-electron chi connectivity index (χ0n) is 17.1. The summed E-state index contributed by atoms with van der Waals surface area (Å²) < 4.78 is 15.7. The summed E-state index contributed by atoms with van der Waals surface area (Å²) in [5, 5.41) is 13.3. The van der Waals surface area contributed by atoms with Crippen LogP contribution in [0.2, 0.25) is 0 Å². The topological polar surface area (TPSA) is 94.7 Å². The second-order valence-corrected chi connectivity index (χ2v) is 7.17. The summed E-state index contributed by atoms with van der Waals surface area (Å²) in [6.45, 7) is 7.69. The second kappa shape index (κ2) is 10.8. The average Bonchev–Trinajstić information content (AvgIpc) is 3.05. The van der Waals surface area contributed by atoms with Gasteiger partial charge < -0.3 is 19.1 Å². The van der Waals surface area contributed by atoms with Gasteiger partial charge in [-0.25, -0.2) is 4.98 Å². The van der Waals surface area contributed by atoms with Gasteiger partial charge in [-0.3, -0.25) is 4.79 Å². The van der Waals surface area contributed by atoms with E-state index in [1.54, 1.807) is 13.8 Å². The van der Waals surface area contributed by atoms with E-state index in [1.165, 1.54) is 19.3 Å². The van der Waals surface area contributed by atoms with Crippen LogP contribution in [0.3, 0.4) is 0 Å². The SMILES string of the molecule is CC(C)OC=O.Cc1nc(-c2onc(C)c2CO)ccc1OC1CCCCC1. The Bertz CT molecular complexity index is 751. The fourth-order valence-corrected chi connectivity index (χ4v) is 3.05. The second-order valence-electron chi connectivity index (χ2n) is 7.17. The molecule has 0 bridgehead atoms. The molecule has 0 aromatic carbocycles. The predicted molar refractivity (Wildman–Crippen MR) is 105 cm³/mol. The maximum atomic E-state index is 9.44. The van der Waals surface area contributed by atoms with Gasteiger partial charge in [0.25, 0.3) is 6.47 Å². The molecule has 3 rings (SSSR count). The van der Waals surface area contributed by atoms with Crippen molar-refractivity contribution in [1.82, 2.24) is 10.1 Å². The van der Waals surface area contributed by atoms with E-state index in [9.17, 15) is 9.90 Å². The molecule has 0 unspecified atom stereocenters. The molecule has 0 aliphatic heterocycles. The van der Waals surface area contributed by atoms with E-state index in [-0.39, 0.29) is 12.7 Å². The Labute approximate surface area is 166 Å². The third-order valence-corrected chi connectivity index (χ3v) is 4.59. The zero-order chi connectivity index (χ0) is 20.5. The Kier molecular flexibility index (Phi) is 8.44. The lowest BCUT2D eigenvalue weighted by Gasteiger charge is -2.23. The Balaban J connectivity index is 0.000000409. The lowest BCUT2D eigenvalue weighted by Crippen LogP contribution is -2.20. The summed E-state index contributed by atoms with van der Waals surface area (Å²) in [6.07, 6.45) is 6.38. The number of aryl methyl sites for hydroxylation is 2. The number of aliphatic hydroxyl groups excluding tert-OH is 1. The number of aliphatic hydroxyl groups is 1. The number of ether oxygens (including phenoxy) is 2. The van der Waals surface area contributed by atoms with E-state index in [4.69, 9.17) is 9.26 Å². The van der Waals surface area contributed by atoms with Crippen molar-refractivity contribution in [3.05, 3.63) is 29.1 Å². The number of rotatable bonds is 6. The predicted octanol–water partition coefficient (Wildman–Crippen LogP) is 4.13. The Morgan fingerprint density at radius 3 is 2.46 bits per heavy atom. The maximum Gasteiger partial charge on any atom is 0.293 e. The number of hydrogen-bond donors (Lipinski definition) is 1. The third kappa shape index (κ3) is 6.05. The van der Waals surface area contributed by atoms with Crippen molar-refractivity contribution in [1.29, 1.82) is 0 Å². The molecule has 1 N–H and O–H groups in total. The highest BCUT2D eigenvalue weighted by Crippen LogP contribution is 2.29. The molecule has 7 nitrogen and oxygen atoms in total. The molecular formula is C21H30N2O5. The molecule has 0 amide bonds. The average molecular weight is 390 g/mol. The smallest absolute Gasteiger partial charge is 0.293 e. The Morgan fingerprint density at radius 1 is 1.21 bits per heavy atom. The Morgan fingerprint density at radius 2 is 1.93 bits per heavy atom. The summed E-state index contributed by atoms with van der Waals surface area (Å²) in [7, 11) is 0. The van der Waals surface area contributed by atoms with Gasteiger partial charge in [-0.1, -0.05) is 11.6 Å². The van der Waals surface area contributed by atoms with Gasteiger partial charge in [-0.2, -0.15) is 0 Å². The molecule has 1 aliphatic carbocycles. The standard InChI is InChI=1S/C17H22N2O3.C4H8O2/c1-11-14(10-20)17(22-19-11)15-8-9-16(12(2)18-15)21-13-6-4-3-5-7-13;1-4(2)6-3-5/h8-9,13,20H,3-7,10H2,1-2H3;3-4H,1-2H3. The van der Waals surface area contributed by atoms with E-state index in [0.717, 1.165) is 24.3 Å². The maximum absolute atomic E-state index is 9.44. The lowest BCUT2D eigenvalue weighted by molar-refractivity contribution is -0.131. The van der Waals surface area contributed by atoms with Crippen LogP contribution in [-0.2, 0) is 16.1 Å².